The Morgan fingerprint density at radius 3 is 2.54 bits per heavy atom. The van der Waals surface area contributed by atoms with Crippen molar-refractivity contribution < 1.29 is 19.1 Å². The SMILES string of the molecule is CCOc1cc(/C=N/NC(=O)c2ccc(-c3csc(Nc4ccc(C)cc4)n3)cc2)cc(Cl)c1OCC(N)=O. The van der Waals surface area contributed by atoms with Gasteiger partial charge in [-0.15, -0.1) is 11.3 Å². The summed E-state index contributed by atoms with van der Waals surface area (Å²) in [4.78, 5) is 28.3. The number of amides is 2. The van der Waals surface area contributed by atoms with Crippen LogP contribution in [-0.2, 0) is 4.79 Å². The van der Waals surface area contributed by atoms with Gasteiger partial charge in [-0.3, -0.25) is 9.59 Å². The van der Waals surface area contributed by atoms with Crippen molar-refractivity contribution in [2.24, 2.45) is 10.8 Å². The highest BCUT2D eigenvalue weighted by Gasteiger charge is 2.14. The van der Waals surface area contributed by atoms with Crippen molar-refractivity contribution in [3.8, 4) is 22.8 Å². The van der Waals surface area contributed by atoms with Crippen LogP contribution >= 0.6 is 22.9 Å². The van der Waals surface area contributed by atoms with E-state index in [4.69, 9.17) is 26.8 Å². The van der Waals surface area contributed by atoms with Crippen molar-refractivity contribution in [1.29, 1.82) is 0 Å². The summed E-state index contributed by atoms with van der Waals surface area (Å²) in [6.07, 6.45) is 1.43. The van der Waals surface area contributed by atoms with Gasteiger partial charge in [-0.2, -0.15) is 5.10 Å². The third kappa shape index (κ3) is 7.56. The minimum atomic E-state index is -0.638. The van der Waals surface area contributed by atoms with Gasteiger partial charge in [0.25, 0.3) is 11.8 Å². The standard InChI is InChI=1S/C28H26ClN5O4S/c1-3-37-24-13-18(12-22(29)26(24)38-15-25(30)35)14-31-34-27(36)20-8-6-19(7-9-20)23-16-39-28(33-23)32-21-10-4-17(2)5-11-21/h4-14,16H,3,15H2,1-2H3,(H2,30,35)(H,32,33)(H,34,36)/b31-14+. The van der Waals surface area contributed by atoms with Crippen LogP contribution in [0, 0.1) is 6.92 Å². The number of nitrogens with two attached hydrogens (primary N) is 1. The van der Waals surface area contributed by atoms with E-state index in [0.717, 1.165) is 22.1 Å². The maximum Gasteiger partial charge on any atom is 0.271 e. The van der Waals surface area contributed by atoms with Crippen LogP contribution in [0.5, 0.6) is 11.5 Å². The normalized spacial score (nSPS) is 10.8. The molecule has 200 valence electrons. The number of hydrogen-bond acceptors (Lipinski definition) is 8. The second kappa shape index (κ2) is 12.9. The molecule has 11 heteroatoms. The number of ether oxygens (including phenoxy) is 2. The van der Waals surface area contributed by atoms with Crippen molar-refractivity contribution in [2.75, 3.05) is 18.5 Å². The maximum absolute atomic E-state index is 12.6. The summed E-state index contributed by atoms with van der Waals surface area (Å²) in [6, 6.07) is 18.4. The Kier molecular flexibility index (Phi) is 9.14. The molecule has 39 heavy (non-hydrogen) atoms. The van der Waals surface area contributed by atoms with Crippen LogP contribution in [0.1, 0.15) is 28.4 Å². The fraction of sp³-hybridized carbons (Fsp3) is 0.143. The van der Waals surface area contributed by atoms with Crippen LogP contribution < -0.4 is 25.9 Å². The lowest BCUT2D eigenvalue weighted by atomic mass is 10.1. The highest BCUT2D eigenvalue weighted by atomic mass is 35.5. The number of hydrogen-bond donors (Lipinski definition) is 3. The number of primary amides is 1. The molecular formula is C28H26ClN5O4S. The third-order valence-electron chi connectivity index (χ3n) is 5.32. The average molecular weight is 564 g/mol. The molecule has 2 amide bonds. The van der Waals surface area contributed by atoms with E-state index in [1.165, 1.54) is 23.1 Å². The monoisotopic (exact) mass is 563 g/mol. The van der Waals surface area contributed by atoms with Gasteiger partial charge in [-0.1, -0.05) is 41.4 Å². The molecule has 0 aliphatic carbocycles. The lowest BCUT2D eigenvalue weighted by molar-refractivity contribution is -0.119. The zero-order valence-corrected chi connectivity index (χ0v) is 22.8. The van der Waals surface area contributed by atoms with E-state index in [1.54, 1.807) is 31.2 Å². The van der Waals surface area contributed by atoms with E-state index in [2.05, 4.69) is 20.8 Å². The third-order valence-corrected chi connectivity index (χ3v) is 6.36. The van der Waals surface area contributed by atoms with E-state index >= 15 is 0 Å². The van der Waals surface area contributed by atoms with Crippen LogP contribution in [-0.4, -0.2) is 36.2 Å². The lowest BCUT2D eigenvalue weighted by Gasteiger charge is -2.13. The Morgan fingerprint density at radius 1 is 1.10 bits per heavy atom. The van der Waals surface area contributed by atoms with Crippen molar-refractivity contribution in [2.45, 2.75) is 13.8 Å². The summed E-state index contributed by atoms with van der Waals surface area (Å²) >= 11 is 7.79. The van der Waals surface area contributed by atoms with Gasteiger partial charge in [0.2, 0.25) is 0 Å². The first kappa shape index (κ1) is 27.6. The predicted molar refractivity (Wildman–Crippen MR) is 154 cm³/mol. The van der Waals surface area contributed by atoms with Gasteiger partial charge in [0.05, 0.1) is 23.5 Å². The van der Waals surface area contributed by atoms with Gasteiger partial charge >= 0.3 is 0 Å². The fourth-order valence-electron chi connectivity index (χ4n) is 3.46. The van der Waals surface area contributed by atoms with Gasteiger partial charge in [0.1, 0.15) is 0 Å². The topological polar surface area (TPSA) is 128 Å². The number of nitrogens with one attached hydrogen (secondary N) is 2. The molecule has 4 rings (SSSR count). The van der Waals surface area contributed by atoms with Crippen LogP contribution in [0.4, 0.5) is 10.8 Å². The Hall–Kier alpha value is -4.41. The van der Waals surface area contributed by atoms with Crippen LogP contribution in [0.25, 0.3) is 11.3 Å². The van der Waals surface area contributed by atoms with Gasteiger partial charge in [-0.25, -0.2) is 10.4 Å². The minimum Gasteiger partial charge on any atom is -0.490 e. The van der Waals surface area contributed by atoms with Crippen LogP contribution in [0.15, 0.2) is 71.1 Å². The molecule has 4 aromatic rings. The molecule has 0 aliphatic heterocycles. The molecule has 9 nitrogen and oxygen atoms in total. The summed E-state index contributed by atoms with van der Waals surface area (Å²) in [5.74, 6) is -0.484. The van der Waals surface area contributed by atoms with Crippen LogP contribution in [0.3, 0.4) is 0 Å². The largest absolute Gasteiger partial charge is 0.490 e. The molecule has 0 unspecified atom stereocenters. The zero-order valence-electron chi connectivity index (χ0n) is 21.2. The number of halogens is 1. The van der Waals surface area contributed by atoms with Crippen molar-refractivity contribution >= 4 is 51.8 Å². The molecule has 0 fully saturated rings. The van der Waals surface area contributed by atoms with Crippen molar-refractivity contribution in [3.05, 3.63) is 87.8 Å². The number of rotatable bonds is 11. The second-order valence-electron chi connectivity index (χ2n) is 8.32. The first-order valence-electron chi connectivity index (χ1n) is 11.9. The highest BCUT2D eigenvalue weighted by Crippen LogP contribution is 2.36. The number of anilines is 2. The number of nitrogens with zero attached hydrogens (tertiary/aromatic N) is 2. The molecule has 0 spiro atoms. The molecule has 3 aromatic carbocycles. The number of carbonyl (C=O) groups excluding carboxylic acids is 2. The number of benzene rings is 3. The van der Waals surface area contributed by atoms with E-state index in [0.29, 0.717) is 23.5 Å². The quantitative estimate of drug-likeness (QED) is 0.162. The molecule has 4 N–H and O–H groups in total. The van der Waals surface area contributed by atoms with E-state index in [-0.39, 0.29) is 23.3 Å². The summed E-state index contributed by atoms with van der Waals surface area (Å²) in [6.45, 7) is 3.85. The molecule has 0 atom stereocenters. The number of aromatic nitrogens is 1. The Morgan fingerprint density at radius 2 is 1.85 bits per heavy atom. The molecule has 0 radical (unpaired) electrons. The predicted octanol–water partition coefficient (Wildman–Crippen LogP) is 5.54. The van der Waals surface area contributed by atoms with Gasteiger partial charge < -0.3 is 20.5 Å². The number of carbonyl (C=O) groups is 2. The molecule has 1 heterocycles. The summed E-state index contributed by atoms with van der Waals surface area (Å²) in [5, 5.41) is 10.3. The van der Waals surface area contributed by atoms with E-state index in [9.17, 15) is 9.59 Å². The van der Waals surface area contributed by atoms with Gasteiger partial charge in [0, 0.05) is 22.2 Å². The number of hydrazone groups is 1. The molecule has 1 aromatic heterocycles. The van der Waals surface area contributed by atoms with Crippen molar-refractivity contribution in [1.82, 2.24) is 10.4 Å². The van der Waals surface area contributed by atoms with E-state index < -0.39 is 5.91 Å². The smallest absolute Gasteiger partial charge is 0.271 e. The zero-order chi connectivity index (χ0) is 27.8. The van der Waals surface area contributed by atoms with Gasteiger partial charge in [0.15, 0.2) is 23.2 Å². The van der Waals surface area contributed by atoms with Gasteiger partial charge in [-0.05, 0) is 55.8 Å². The average Bonchev–Trinajstić information content (AvgIpc) is 3.38. The first-order chi connectivity index (χ1) is 18.8. The summed E-state index contributed by atoms with van der Waals surface area (Å²) in [7, 11) is 0. The fourth-order valence-corrected chi connectivity index (χ4v) is 4.47. The molecule has 0 saturated heterocycles. The minimum absolute atomic E-state index is 0.205. The maximum atomic E-state index is 12.6. The second-order valence-corrected chi connectivity index (χ2v) is 9.59. The molecule has 0 aliphatic rings. The summed E-state index contributed by atoms with van der Waals surface area (Å²) < 4.78 is 10.9. The van der Waals surface area contributed by atoms with Crippen LogP contribution in [0.2, 0.25) is 5.02 Å². The Labute approximate surface area is 234 Å². The Bertz CT molecular complexity index is 1490. The van der Waals surface area contributed by atoms with Crippen molar-refractivity contribution in [3.63, 3.8) is 0 Å². The number of aryl methyl sites for hydroxylation is 1. The highest BCUT2D eigenvalue weighted by molar-refractivity contribution is 7.14. The lowest BCUT2D eigenvalue weighted by Crippen LogP contribution is -2.20. The number of thiazole rings is 1. The Balaban J connectivity index is 1.38. The molecular weight excluding hydrogens is 538 g/mol. The summed E-state index contributed by atoms with van der Waals surface area (Å²) in [5.41, 5.74) is 12.5. The first-order valence-corrected chi connectivity index (χ1v) is 13.2. The molecule has 0 saturated carbocycles. The van der Waals surface area contributed by atoms with E-state index in [1.807, 2.05) is 48.7 Å². The molecule has 0 bridgehead atoms.